The van der Waals surface area contributed by atoms with Gasteiger partial charge >= 0.3 is 0 Å². The summed E-state index contributed by atoms with van der Waals surface area (Å²) in [6.45, 7) is 6.27. The van der Waals surface area contributed by atoms with E-state index in [9.17, 15) is 19.5 Å². The van der Waals surface area contributed by atoms with Crippen LogP contribution >= 0.6 is 0 Å². The van der Waals surface area contributed by atoms with Crippen molar-refractivity contribution in [2.75, 3.05) is 0 Å². The molecule has 26 heavy (non-hydrogen) atoms. The quantitative estimate of drug-likeness (QED) is 0.793. The molecule has 2 fully saturated rings. The van der Waals surface area contributed by atoms with Crippen LogP contribution in [0.3, 0.4) is 0 Å². The first-order valence-electron chi connectivity index (χ1n) is 9.10. The lowest BCUT2D eigenvalue weighted by Crippen LogP contribution is -2.50. The number of carboxylic acid groups (broad SMARTS) is 1. The maximum Gasteiger partial charge on any atom is 0.269 e. The van der Waals surface area contributed by atoms with E-state index >= 15 is 0 Å². The molecule has 2 aliphatic carbocycles. The average Bonchev–Trinajstić information content (AvgIpc) is 3.19. The van der Waals surface area contributed by atoms with Crippen LogP contribution in [0.15, 0.2) is 24.3 Å². The van der Waals surface area contributed by atoms with E-state index in [2.05, 4.69) is 31.6 Å². The number of rotatable bonds is 3. The first-order valence-corrected chi connectivity index (χ1v) is 9.10. The maximum atomic E-state index is 12.5. The van der Waals surface area contributed by atoms with Gasteiger partial charge in [0, 0.05) is 17.5 Å². The number of hydrazine groups is 1. The molecule has 1 aromatic carbocycles. The number of carboxylic acids is 1. The Balaban J connectivity index is 1.61. The molecular weight excluding hydrogens is 332 g/mol. The maximum absolute atomic E-state index is 12.5. The van der Waals surface area contributed by atoms with Gasteiger partial charge in [0.2, 0.25) is 5.91 Å². The standard InChI is InChI=1S/C20H26N2O4/c1-20(2,3)14-8-6-11(7-9-14)17(23)21-22-18(24)15-12-4-5-13(10-12)16(15)19(25)26/h6-9,12-13,15-16H,4-5,10H2,1-3H3,(H,21,23)(H,22,24)(H,25,26)/p-1/t12-,13+,15-,16+/m1/s1. The van der Waals surface area contributed by atoms with E-state index in [0.29, 0.717) is 5.56 Å². The van der Waals surface area contributed by atoms with Gasteiger partial charge in [0.05, 0.1) is 5.92 Å². The van der Waals surface area contributed by atoms with Gasteiger partial charge in [0.25, 0.3) is 5.91 Å². The third-order valence-electron chi connectivity index (χ3n) is 5.80. The van der Waals surface area contributed by atoms with Crippen molar-refractivity contribution < 1.29 is 19.5 Å². The first kappa shape index (κ1) is 18.4. The highest BCUT2D eigenvalue weighted by molar-refractivity contribution is 5.96. The summed E-state index contributed by atoms with van der Waals surface area (Å²) in [5.41, 5.74) is 6.34. The van der Waals surface area contributed by atoms with Crippen LogP contribution in [-0.4, -0.2) is 17.8 Å². The number of hydrogen-bond donors (Lipinski definition) is 2. The Bertz CT molecular complexity index is 720. The van der Waals surface area contributed by atoms with Gasteiger partial charge < -0.3 is 9.90 Å². The minimum absolute atomic E-state index is 0.00904. The summed E-state index contributed by atoms with van der Waals surface area (Å²) < 4.78 is 0. The molecule has 2 amide bonds. The molecule has 2 bridgehead atoms. The third-order valence-corrected chi connectivity index (χ3v) is 5.80. The fourth-order valence-electron chi connectivity index (χ4n) is 4.40. The Morgan fingerprint density at radius 3 is 2.08 bits per heavy atom. The van der Waals surface area contributed by atoms with Crippen molar-refractivity contribution in [1.82, 2.24) is 10.9 Å². The Morgan fingerprint density at radius 2 is 1.54 bits per heavy atom. The number of aliphatic carboxylic acids is 1. The molecule has 6 nitrogen and oxygen atoms in total. The smallest absolute Gasteiger partial charge is 0.269 e. The number of benzene rings is 1. The molecule has 1 aromatic rings. The zero-order valence-electron chi connectivity index (χ0n) is 15.4. The van der Waals surface area contributed by atoms with Crippen molar-refractivity contribution in [3.63, 3.8) is 0 Å². The highest BCUT2D eigenvalue weighted by Gasteiger charge is 2.51. The van der Waals surface area contributed by atoms with Crippen LogP contribution in [0.1, 0.15) is 56.0 Å². The predicted molar refractivity (Wildman–Crippen MR) is 93.6 cm³/mol. The van der Waals surface area contributed by atoms with E-state index in [0.717, 1.165) is 24.8 Å². The Morgan fingerprint density at radius 1 is 0.962 bits per heavy atom. The predicted octanol–water partition coefficient (Wildman–Crippen LogP) is 1.16. The topological polar surface area (TPSA) is 98.3 Å². The molecule has 0 radical (unpaired) electrons. The van der Waals surface area contributed by atoms with E-state index in [-0.39, 0.29) is 17.3 Å². The zero-order valence-corrected chi connectivity index (χ0v) is 15.4. The van der Waals surface area contributed by atoms with Gasteiger partial charge in [-0.3, -0.25) is 20.4 Å². The summed E-state index contributed by atoms with van der Waals surface area (Å²) in [6.07, 6.45) is 2.44. The second kappa shape index (κ2) is 6.74. The number of fused-ring (bicyclic) bond motifs is 2. The van der Waals surface area contributed by atoms with Crippen LogP contribution in [-0.2, 0) is 15.0 Å². The molecule has 2 saturated carbocycles. The number of amides is 2. The van der Waals surface area contributed by atoms with Gasteiger partial charge in [-0.2, -0.15) is 0 Å². The van der Waals surface area contributed by atoms with Crippen LogP contribution < -0.4 is 16.0 Å². The molecule has 4 atom stereocenters. The Labute approximate surface area is 153 Å². The van der Waals surface area contributed by atoms with Crippen LogP contribution in [0.4, 0.5) is 0 Å². The fraction of sp³-hybridized carbons (Fsp3) is 0.550. The first-order chi connectivity index (χ1) is 12.2. The Kier molecular flexibility index (Phi) is 4.78. The van der Waals surface area contributed by atoms with Gasteiger partial charge in [-0.05, 0) is 54.2 Å². The van der Waals surface area contributed by atoms with Gasteiger partial charge in [0.1, 0.15) is 0 Å². The second-order valence-corrected chi connectivity index (χ2v) is 8.47. The minimum atomic E-state index is -1.17. The molecule has 0 heterocycles. The lowest BCUT2D eigenvalue weighted by molar-refractivity contribution is -0.314. The molecule has 2 N–H and O–H groups in total. The monoisotopic (exact) mass is 357 g/mol. The molecule has 140 valence electrons. The summed E-state index contributed by atoms with van der Waals surface area (Å²) in [4.78, 5) is 36.1. The summed E-state index contributed by atoms with van der Waals surface area (Å²) in [5.74, 6) is -3.33. The van der Waals surface area contributed by atoms with E-state index in [1.54, 1.807) is 12.1 Å². The van der Waals surface area contributed by atoms with Gasteiger partial charge in [-0.25, -0.2) is 0 Å². The van der Waals surface area contributed by atoms with Crippen LogP contribution in [0.2, 0.25) is 0 Å². The summed E-state index contributed by atoms with van der Waals surface area (Å²) in [6, 6.07) is 7.20. The average molecular weight is 357 g/mol. The van der Waals surface area contributed by atoms with Crippen molar-refractivity contribution in [2.45, 2.75) is 45.4 Å². The SMILES string of the molecule is CC(C)(C)c1ccc(C(=O)NNC(=O)[C@@H]2[C@@H]3CC[C@@H](C3)[C@@H]2C(=O)[O-])cc1. The van der Waals surface area contributed by atoms with Crippen molar-refractivity contribution in [3.8, 4) is 0 Å². The van der Waals surface area contributed by atoms with Crippen molar-refractivity contribution >= 4 is 17.8 Å². The lowest BCUT2D eigenvalue weighted by atomic mass is 9.79. The van der Waals surface area contributed by atoms with Gasteiger partial charge in [-0.15, -0.1) is 0 Å². The number of hydrogen-bond acceptors (Lipinski definition) is 4. The van der Waals surface area contributed by atoms with E-state index in [1.807, 2.05) is 12.1 Å². The summed E-state index contributed by atoms with van der Waals surface area (Å²) in [7, 11) is 0. The summed E-state index contributed by atoms with van der Waals surface area (Å²) >= 11 is 0. The largest absolute Gasteiger partial charge is 0.550 e. The van der Waals surface area contributed by atoms with Crippen molar-refractivity contribution in [3.05, 3.63) is 35.4 Å². The van der Waals surface area contributed by atoms with Crippen molar-refractivity contribution in [1.29, 1.82) is 0 Å². The van der Waals surface area contributed by atoms with Crippen LogP contribution in [0.25, 0.3) is 0 Å². The molecule has 0 saturated heterocycles. The van der Waals surface area contributed by atoms with Gasteiger partial charge in [-0.1, -0.05) is 32.9 Å². The number of carbonyl (C=O) groups excluding carboxylic acids is 3. The number of carbonyl (C=O) groups is 3. The molecule has 2 aliphatic rings. The van der Waals surface area contributed by atoms with E-state index in [4.69, 9.17) is 0 Å². The van der Waals surface area contributed by atoms with Gasteiger partial charge in [0.15, 0.2) is 0 Å². The van der Waals surface area contributed by atoms with Crippen LogP contribution in [0, 0.1) is 23.7 Å². The molecular formula is C20H25N2O4-. The molecule has 6 heteroatoms. The highest BCUT2D eigenvalue weighted by atomic mass is 16.4. The minimum Gasteiger partial charge on any atom is -0.550 e. The number of nitrogens with one attached hydrogen (secondary N) is 2. The fourth-order valence-corrected chi connectivity index (χ4v) is 4.40. The third kappa shape index (κ3) is 3.45. The van der Waals surface area contributed by atoms with Crippen LogP contribution in [0.5, 0.6) is 0 Å². The molecule has 0 unspecified atom stereocenters. The lowest BCUT2D eigenvalue weighted by Gasteiger charge is -2.30. The molecule has 0 aliphatic heterocycles. The summed E-state index contributed by atoms with van der Waals surface area (Å²) in [5, 5.41) is 11.4. The van der Waals surface area contributed by atoms with E-state index < -0.39 is 29.6 Å². The Hall–Kier alpha value is -2.37. The molecule has 0 spiro atoms. The zero-order chi connectivity index (χ0) is 19.1. The second-order valence-electron chi connectivity index (χ2n) is 8.47. The normalized spacial score (nSPS) is 27.2. The van der Waals surface area contributed by atoms with E-state index in [1.165, 1.54) is 0 Å². The van der Waals surface area contributed by atoms with Crippen molar-refractivity contribution in [2.24, 2.45) is 23.7 Å². The highest BCUT2D eigenvalue weighted by Crippen LogP contribution is 2.52. The molecule has 3 rings (SSSR count). The molecule has 0 aromatic heterocycles.